The number of hydrogen-bond acceptors (Lipinski definition) is 6. The smallest absolute Gasteiger partial charge is 0.182 e. The van der Waals surface area contributed by atoms with E-state index in [-0.39, 0.29) is 6.42 Å². The van der Waals surface area contributed by atoms with Crippen molar-refractivity contribution < 1.29 is 19.3 Å². The molecule has 0 aliphatic carbocycles. The van der Waals surface area contributed by atoms with E-state index < -0.39 is 5.60 Å². The number of pyridine rings is 1. The molecule has 3 aromatic rings. The first-order valence-corrected chi connectivity index (χ1v) is 7.81. The third-order valence-electron chi connectivity index (χ3n) is 4.08. The molecule has 1 atom stereocenters. The number of aromatic amines is 1. The number of rotatable bonds is 6. The Hall–Kier alpha value is -2.80. The van der Waals surface area contributed by atoms with Crippen molar-refractivity contribution in [3.8, 4) is 17.2 Å². The average molecular weight is 343 g/mol. The Labute approximate surface area is 145 Å². The second-order valence-corrected chi connectivity index (χ2v) is 5.91. The molecular formula is C18H21N3O4. The molecule has 0 saturated heterocycles. The minimum atomic E-state index is -1.26. The summed E-state index contributed by atoms with van der Waals surface area (Å²) in [5.41, 5.74) is 0.866. The fourth-order valence-corrected chi connectivity index (χ4v) is 2.75. The summed E-state index contributed by atoms with van der Waals surface area (Å²) in [5.74, 6) is 2.23. The van der Waals surface area contributed by atoms with Crippen LogP contribution in [0.1, 0.15) is 18.4 Å². The van der Waals surface area contributed by atoms with Gasteiger partial charge in [-0.25, -0.2) is 4.98 Å². The molecule has 3 rings (SSSR count). The Kier molecular flexibility index (Phi) is 4.50. The predicted molar refractivity (Wildman–Crippen MR) is 93.3 cm³/mol. The number of ether oxygens (including phenoxy) is 3. The number of hydrogen-bond donors (Lipinski definition) is 2. The maximum absolute atomic E-state index is 11.0. The summed E-state index contributed by atoms with van der Waals surface area (Å²) in [5, 5.41) is 11.0. The summed E-state index contributed by atoms with van der Waals surface area (Å²) in [7, 11) is 4.71. The first-order valence-electron chi connectivity index (χ1n) is 7.81. The van der Waals surface area contributed by atoms with Gasteiger partial charge >= 0.3 is 0 Å². The molecule has 2 heterocycles. The normalized spacial score (nSPS) is 13.5. The second-order valence-electron chi connectivity index (χ2n) is 5.91. The molecule has 2 aromatic heterocycles. The van der Waals surface area contributed by atoms with Gasteiger partial charge in [0.2, 0.25) is 0 Å². The van der Waals surface area contributed by atoms with Crippen LogP contribution in [-0.4, -0.2) is 41.4 Å². The minimum Gasteiger partial charge on any atom is -0.497 e. The van der Waals surface area contributed by atoms with Crippen LogP contribution in [0, 0.1) is 0 Å². The Morgan fingerprint density at radius 1 is 1.12 bits per heavy atom. The van der Waals surface area contributed by atoms with Gasteiger partial charge in [0, 0.05) is 24.8 Å². The van der Waals surface area contributed by atoms with Crippen molar-refractivity contribution in [2.75, 3.05) is 21.3 Å². The molecule has 0 radical (unpaired) electrons. The van der Waals surface area contributed by atoms with Crippen LogP contribution in [0.15, 0.2) is 30.5 Å². The topological polar surface area (TPSA) is 89.5 Å². The summed E-state index contributed by atoms with van der Waals surface area (Å²) in [6, 6.07) is 7.23. The van der Waals surface area contributed by atoms with Gasteiger partial charge in [0.25, 0.3) is 0 Å². The molecule has 0 saturated carbocycles. The van der Waals surface area contributed by atoms with E-state index in [0.29, 0.717) is 28.8 Å². The lowest BCUT2D eigenvalue weighted by atomic mass is 9.98. The van der Waals surface area contributed by atoms with Crippen molar-refractivity contribution >= 4 is 11.0 Å². The quantitative estimate of drug-likeness (QED) is 0.714. The van der Waals surface area contributed by atoms with Gasteiger partial charge in [0.05, 0.1) is 38.1 Å². The molecule has 0 amide bonds. The lowest BCUT2D eigenvalue weighted by Gasteiger charge is -2.22. The molecule has 0 bridgehead atoms. The number of imidazole rings is 1. The van der Waals surface area contributed by atoms with Crippen LogP contribution >= 0.6 is 0 Å². The van der Waals surface area contributed by atoms with Crippen molar-refractivity contribution in [2.45, 2.75) is 18.9 Å². The molecule has 7 heteroatoms. The van der Waals surface area contributed by atoms with E-state index >= 15 is 0 Å². The minimum absolute atomic E-state index is 0.213. The molecule has 1 aromatic carbocycles. The SMILES string of the molecule is COc1ccc2[nH]c(C(C)(O)Cc3nccc(OC)c3OC)nc2c1. The fraction of sp³-hybridized carbons (Fsp3) is 0.333. The van der Waals surface area contributed by atoms with Crippen LogP contribution in [0.4, 0.5) is 0 Å². The van der Waals surface area contributed by atoms with E-state index in [1.807, 2.05) is 18.2 Å². The van der Waals surface area contributed by atoms with Crippen molar-refractivity contribution in [2.24, 2.45) is 0 Å². The Balaban J connectivity index is 1.97. The predicted octanol–water partition coefficient (Wildman–Crippen LogP) is 2.43. The van der Waals surface area contributed by atoms with Crippen molar-refractivity contribution in [3.05, 3.63) is 42.0 Å². The van der Waals surface area contributed by atoms with Crippen molar-refractivity contribution in [1.82, 2.24) is 15.0 Å². The van der Waals surface area contributed by atoms with Gasteiger partial charge in [0.15, 0.2) is 11.5 Å². The maximum Gasteiger partial charge on any atom is 0.182 e. The van der Waals surface area contributed by atoms with Gasteiger partial charge in [-0.05, 0) is 19.1 Å². The summed E-state index contributed by atoms with van der Waals surface area (Å²) >= 11 is 0. The number of nitrogens with one attached hydrogen (secondary N) is 1. The number of methoxy groups -OCH3 is 3. The maximum atomic E-state index is 11.0. The number of H-pyrrole nitrogens is 1. The van der Waals surface area contributed by atoms with Gasteiger partial charge in [0.1, 0.15) is 17.2 Å². The first-order chi connectivity index (χ1) is 12.0. The van der Waals surface area contributed by atoms with E-state index in [1.54, 1.807) is 40.5 Å². The second kappa shape index (κ2) is 6.60. The summed E-state index contributed by atoms with van der Waals surface area (Å²) in [6.07, 6.45) is 1.83. The number of aliphatic hydroxyl groups is 1. The van der Waals surface area contributed by atoms with Crippen LogP contribution in [0.2, 0.25) is 0 Å². The number of fused-ring (bicyclic) bond motifs is 1. The van der Waals surface area contributed by atoms with E-state index in [1.165, 1.54) is 0 Å². The van der Waals surface area contributed by atoms with Crippen LogP contribution < -0.4 is 14.2 Å². The van der Waals surface area contributed by atoms with Crippen molar-refractivity contribution in [3.63, 3.8) is 0 Å². The lowest BCUT2D eigenvalue weighted by molar-refractivity contribution is 0.0475. The highest BCUT2D eigenvalue weighted by atomic mass is 16.5. The molecule has 132 valence electrons. The zero-order valence-corrected chi connectivity index (χ0v) is 14.7. The fourth-order valence-electron chi connectivity index (χ4n) is 2.75. The van der Waals surface area contributed by atoms with Gasteiger partial charge in [-0.15, -0.1) is 0 Å². The standard InChI is InChI=1S/C18H21N3O4/c1-18(22,10-14-16(25-4)15(24-3)7-8-19-14)17-20-12-6-5-11(23-2)9-13(12)21-17/h5-9,22H,10H2,1-4H3,(H,20,21). The van der Waals surface area contributed by atoms with E-state index in [0.717, 1.165) is 11.0 Å². The summed E-state index contributed by atoms with van der Waals surface area (Å²) in [4.78, 5) is 12.0. The van der Waals surface area contributed by atoms with E-state index in [2.05, 4.69) is 15.0 Å². The third kappa shape index (κ3) is 3.23. The molecule has 0 fully saturated rings. The van der Waals surface area contributed by atoms with Gasteiger partial charge in [-0.2, -0.15) is 0 Å². The molecule has 2 N–H and O–H groups in total. The van der Waals surface area contributed by atoms with Crippen molar-refractivity contribution in [1.29, 1.82) is 0 Å². The van der Waals surface area contributed by atoms with Gasteiger partial charge in [-0.1, -0.05) is 0 Å². The zero-order chi connectivity index (χ0) is 18.0. The van der Waals surface area contributed by atoms with E-state index in [9.17, 15) is 5.11 Å². The molecule has 1 unspecified atom stereocenters. The molecular weight excluding hydrogens is 322 g/mol. The molecule has 0 aliphatic heterocycles. The Morgan fingerprint density at radius 2 is 1.92 bits per heavy atom. The van der Waals surface area contributed by atoms with Crippen LogP contribution in [0.5, 0.6) is 17.2 Å². The number of nitrogens with zero attached hydrogens (tertiary/aromatic N) is 2. The Bertz CT molecular complexity index is 889. The van der Waals surface area contributed by atoms with Gasteiger partial charge < -0.3 is 24.3 Å². The summed E-state index contributed by atoms with van der Waals surface area (Å²) < 4.78 is 15.9. The molecule has 25 heavy (non-hydrogen) atoms. The largest absolute Gasteiger partial charge is 0.497 e. The first kappa shape index (κ1) is 17.0. The van der Waals surface area contributed by atoms with Crippen LogP contribution in [0.25, 0.3) is 11.0 Å². The van der Waals surface area contributed by atoms with Gasteiger partial charge in [-0.3, -0.25) is 4.98 Å². The zero-order valence-electron chi connectivity index (χ0n) is 14.7. The number of aromatic nitrogens is 3. The molecule has 0 aliphatic rings. The average Bonchev–Trinajstić information content (AvgIpc) is 3.05. The Morgan fingerprint density at radius 3 is 2.60 bits per heavy atom. The highest BCUT2D eigenvalue weighted by molar-refractivity contribution is 5.77. The van der Waals surface area contributed by atoms with E-state index in [4.69, 9.17) is 14.2 Å². The third-order valence-corrected chi connectivity index (χ3v) is 4.08. The highest BCUT2D eigenvalue weighted by Gasteiger charge is 2.30. The monoisotopic (exact) mass is 343 g/mol. The summed E-state index contributed by atoms with van der Waals surface area (Å²) in [6.45, 7) is 1.68. The van der Waals surface area contributed by atoms with Crippen LogP contribution in [-0.2, 0) is 12.0 Å². The highest BCUT2D eigenvalue weighted by Crippen LogP contribution is 2.34. The lowest BCUT2D eigenvalue weighted by Crippen LogP contribution is -2.26. The van der Waals surface area contributed by atoms with Crippen LogP contribution in [0.3, 0.4) is 0 Å². The molecule has 0 spiro atoms. The molecule has 7 nitrogen and oxygen atoms in total. The number of benzene rings is 1.